The molecule has 2 aliphatic heterocycles. The molecule has 3 rings (SSSR count). The molecule has 0 aromatic heterocycles. The summed E-state index contributed by atoms with van der Waals surface area (Å²) < 4.78 is 21.3. The lowest BCUT2D eigenvalue weighted by Gasteiger charge is -2.29. The second-order valence-corrected chi connectivity index (χ2v) is 7.65. The summed E-state index contributed by atoms with van der Waals surface area (Å²) in [6, 6.07) is 4.69. The van der Waals surface area contributed by atoms with Crippen LogP contribution in [-0.2, 0) is 35.1 Å². The van der Waals surface area contributed by atoms with Crippen molar-refractivity contribution in [3.05, 3.63) is 34.9 Å². The van der Waals surface area contributed by atoms with E-state index in [0.29, 0.717) is 58.2 Å². The molecule has 1 saturated heterocycles. The van der Waals surface area contributed by atoms with Gasteiger partial charge in [0.1, 0.15) is 12.6 Å². The van der Waals surface area contributed by atoms with Crippen molar-refractivity contribution in [2.75, 3.05) is 59.5 Å². The first-order chi connectivity index (χ1) is 16.6. The molecule has 2 heterocycles. The Balaban J connectivity index is 1.36. The Morgan fingerprint density at radius 1 is 0.971 bits per heavy atom. The number of hydrogen-bond acceptors (Lipinski definition) is 8. The second kappa shape index (κ2) is 13.8. The molecule has 3 amide bonds. The number of aliphatic hydroxyl groups is 1. The summed E-state index contributed by atoms with van der Waals surface area (Å²) in [6.07, 6.45) is 0.546. The topological polar surface area (TPSA) is 124 Å². The number of rotatable bonds is 13. The highest BCUT2D eigenvalue weighted by Gasteiger charge is 2.39. The first-order valence-corrected chi connectivity index (χ1v) is 11.3. The molecule has 1 aromatic carbocycles. The monoisotopic (exact) mass is 474 g/mol. The number of aliphatic hydroxyl groups excluding tert-OH is 1. The van der Waals surface area contributed by atoms with Gasteiger partial charge in [-0.05, 0) is 24.1 Å². The molecule has 0 bridgehead atoms. The lowest BCUT2D eigenvalue weighted by atomic mass is 10.0. The number of ether oxygens (including phenoxy) is 4. The van der Waals surface area contributed by atoms with Crippen molar-refractivity contribution in [2.45, 2.75) is 25.4 Å². The quantitative estimate of drug-likeness (QED) is 0.230. The summed E-state index contributed by atoms with van der Waals surface area (Å²) in [7, 11) is 0. The third kappa shape index (κ3) is 7.35. The predicted octanol–water partition coefficient (Wildman–Crippen LogP) is -0.142. The number of nitrogens with zero attached hydrogens (tertiary/aromatic N) is 1. The molecule has 0 radical (unpaired) electrons. The van der Waals surface area contributed by atoms with Crippen LogP contribution in [0.15, 0.2) is 18.2 Å². The zero-order chi connectivity index (χ0) is 24.2. The van der Waals surface area contributed by atoms with E-state index in [9.17, 15) is 14.4 Å². The van der Waals surface area contributed by atoms with Crippen LogP contribution < -0.4 is 5.32 Å². The fourth-order valence-electron chi connectivity index (χ4n) is 3.68. The SMILES string of the molecule is O=C1CCC(N2Cc3c(C#CCOCCOCCOCCOCCO)cccc3C2=O)C(=O)N1. The van der Waals surface area contributed by atoms with Crippen LogP contribution in [0.5, 0.6) is 0 Å². The fraction of sp³-hybridized carbons (Fsp3) is 0.542. The summed E-state index contributed by atoms with van der Waals surface area (Å²) in [5.41, 5.74) is 2.04. The molecular formula is C24H30N2O8. The van der Waals surface area contributed by atoms with E-state index in [1.807, 2.05) is 6.07 Å². The fourth-order valence-corrected chi connectivity index (χ4v) is 3.68. The van der Waals surface area contributed by atoms with Crippen LogP contribution in [0.1, 0.15) is 34.3 Å². The minimum absolute atomic E-state index is 0.00384. The molecule has 0 saturated carbocycles. The number of amides is 3. The molecule has 184 valence electrons. The molecule has 34 heavy (non-hydrogen) atoms. The zero-order valence-corrected chi connectivity index (χ0v) is 19.0. The number of piperidine rings is 1. The van der Waals surface area contributed by atoms with Crippen molar-refractivity contribution >= 4 is 17.7 Å². The normalized spacial score (nSPS) is 17.4. The Hall–Kier alpha value is -2.81. The third-order valence-electron chi connectivity index (χ3n) is 5.33. The van der Waals surface area contributed by atoms with Gasteiger partial charge >= 0.3 is 0 Å². The van der Waals surface area contributed by atoms with Crippen LogP contribution in [0.4, 0.5) is 0 Å². The van der Waals surface area contributed by atoms with E-state index < -0.39 is 11.9 Å². The van der Waals surface area contributed by atoms with Crippen LogP contribution in [0.3, 0.4) is 0 Å². The maximum absolute atomic E-state index is 12.8. The van der Waals surface area contributed by atoms with E-state index >= 15 is 0 Å². The maximum atomic E-state index is 12.8. The molecule has 10 nitrogen and oxygen atoms in total. The molecule has 1 unspecified atom stereocenters. The number of fused-ring (bicyclic) bond motifs is 1. The Bertz CT molecular complexity index is 923. The van der Waals surface area contributed by atoms with Crippen LogP contribution in [-0.4, -0.2) is 93.2 Å². The van der Waals surface area contributed by atoms with Gasteiger partial charge in [0.2, 0.25) is 11.8 Å². The van der Waals surface area contributed by atoms with E-state index in [0.717, 1.165) is 11.1 Å². The number of carbonyl (C=O) groups excluding carboxylic acids is 3. The molecule has 1 fully saturated rings. The minimum atomic E-state index is -0.647. The Morgan fingerprint density at radius 3 is 2.32 bits per heavy atom. The van der Waals surface area contributed by atoms with Gasteiger partial charge in [0.05, 0.1) is 52.9 Å². The minimum Gasteiger partial charge on any atom is -0.394 e. The van der Waals surface area contributed by atoms with Gasteiger partial charge in [-0.25, -0.2) is 0 Å². The van der Waals surface area contributed by atoms with Gasteiger partial charge in [0.25, 0.3) is 5.91 Å². The van der Waals surface area contributed by atoms with Crippen LogP contribution in [0.2, 0.25) is 0 Å². The van der Waals surface area contributed by atoms with Gasteiger partial charge in [0.15, 0.2) is 0 Å². The summed E-state index contributed by atoms with van der Waals surface area (Å²) in [6.45, 7) is 3.43. The average molecular weight is 475 g/mol. The lowest BCUT2D eigenvalue weighted by molar-refractivity contribution is -0.136. The Labute approximate surface area is 198 Å². The highest BCUT2D eigenvalue weighted by Crippen LogP contribution is 2.29. The van der Waals surface area contributed by atoms with E-state index in [2.05, 4.69) is 17.2 Å². The first kappa shape index (κ1) is 25.8. The molecule has 2 N–H and O–H groups in total. The van der Waals surface area contributed by atoms with Gasteiger partial charge in [0, 0.05) is 24.1 Å². The van der Waals surface area contributed by atoms with E-state index in [4.69, 9.17) is 24.1 Å². The number of hydrogen-bond donors (Lipinski definition) is 2. The largest absolute Gasteiger partial charge is 0.394 e. The first-order valence-electron chi connectivity index (χ1n) is 11.3. The van der Waals surface area contributed by atoms with Gasteiger partial charge in [-0.2, -0.15) is 0 Å². The van der Waals surface area contributed by atoms with Gasteiger partial charge in [-0.3, -0.25) is 19.7 Å². The van der Waals surface area contributed by atoms with E-state index in [1.165, 1.54) is 4.90 Å². The highest BCUT2D eigenvalue weighted by molar-refractivity contribution is 6.05. The van der Waals surface area contributed by atoms with Crippen molar-refractivity contribution in [3.8, 4) is 11.8 Å². The molecule has 1 atom stereocenters. The van der Waals surface area contributed by atoms with Crippen molar-refractivity contribution in [2.24, 2.45) is 0 Å². The van der Waals surface area contributed by atoms with Crippen molar-refractivity contribution < 1.29 is 38.4 Å². The Kier molecular flexibility index (Phi) is 10.5. The molecular weight excluding hydrogens is 444 g/mol. The number of nitrogens with one attached hydrogen (secondary N) is 1. The summed E-state index contributed by atoms with van der Waals surface area (Å²) in [5.74, 6) is 5.04. The lowest BCUT2D eigenvalue weighted by Crippen LogP contribution is -2.52. The van der Waals surface area contributed by atoms with E-state index in [-0.39, 0.29) is 38.0 Å². The average Bonchev–Trinajstić information content (AvgIpc) is 3.16. The van der Waals surface area contributed by atoms with Crippen molar-refractivity contribution in [1.29, 1.82) is 0 Å². The zero-order valence-electron chi connectivity index (χ0n) is 19.0. The van der Waals surface area contributed by atoms with Crippen molar-refractivity contribution in [3.63, 3.8) is 0 Å². The van der Waals surface area contributed by atoms with E-state index in [1.54, 1.807) is 12.1 Å². The second-order valence-electron chi connectivity index (χ2n) is 7.65. The van der Waals surface area contributed by atoms with Crippen LogP contribution in [0.25, 0.3) is 0 Å². The number of benzene rings is 1. The standard InChI is InChI=1S/C24H30N2O8/c27-8-10-32-12-14-34-16-15-33-13-11-31-9-2-4-18-3-1-5-19-20(18)17-26(24(19)30)21-6-7-22(28)25-23(21)29/h1,3,5,21,27H,6-17H2,(H,25,28,29). The molecule has 0 aliphatic carbocycles. The third-order valence-corrected chi connectivity index (χ3v) is 5.33. The summed E-state index contributed by atoms with van der Waals surface area (Å²) in [4.78, 5) is 37.9. The Morgan fingerprint density at radius 2 is 1.65 bits per heavy atom. The van der Waals surface area contributed by atoms with Crippen molar-refractivity contribution in [1.82, 2.24) is 10.2 Å². The molecule has 1 aromatic rings. The van der Waals surface area contributed by atoms with Gasteiger partial charge in [-0.15, -0.1) is 0 Å². The van der Waals surface area contributed by atoms with Crippen LogP contribution >= 0.6 is 0 Å². The van der Waals surface area contributed by atoms with Gasteiger partial charge in [-0.1, -0.05) is 17.9 Å². The summed E-state index contributed by atoms with van der Waals surface area (Å²) >= 11 is 0. The molecule has 2 aliphatic rings. The predicted molar refractivity (Wildman–Crippen MR) is 120 cm³/mol. The maximum Gasteiger partial charge on any atom is 0.255 e. The highest BCUT2D eigenvalue weighted by atomic mass is 16.6. The van der Waals surface area contributed by atoms with Gasteiger partial charge < -0.3 is 29.0 Å². The smallest absolute Gasteiger partial charge is 0.255 e. The molecule has 10 heteroatoms. The summed E-state index contributed by atoms with van der Waals surface area (Å²) in [5, 5.41) is 10.9. The number of imide groups is 1. The molecule has 0 spiro atoms. The number of carbonyl (C=O) groups is 3. The van der Waals surface area contributed by atoms with Crippen LogP contribution in [0, 0.1) is 11.8 Å².